The number of anilines is 1. The van der Waals surface area contributed by atoms with Crippen LogP contribution in [-0.4, -0.2) is 9.38 Å². The van der Waals surface area contributed by atoms with E-state index >= 15 is 0 Å². The third-order valence-corrected chi connectivity index (χ3v) is 4.83. The number of halogens is 1. The molecule has 0 bridgehead atoms. The molecule has 108 valence electrons. The summed E-state index contributed by atoms with van der Waals surface area (Å²) in [7, 11) is 0. The van der Waals surface area contributed by atoms with Crippen LogP contribution >= 0.6 is 15.9 Å². The highest BCUT2D eigenvalue weighted by Crippen LogP contribution is 2.23. The molecule has 0 aliphatic rings. The summed E-state index contributed by atoms with van der Waals surface area (Å²) in [6, 6.07) is 10.4. The second-order valence-electron chi connectivity index (χ2n) is 5.28. The molecule has 0 saturated heterocycles. The van der Waals surface area contributed by atoms with Crippen LogP contribution in [0.3, 0.4) is 0 Å². The van der Waals surface area contributed by atoms with Crippen LogP contribution in [0.1, 0.15) is 22.5 Å². The Morgan fingerprint density at radius 3 is 2.76 bits per heavy atom. The molecule has 0 radical (unpaired) electrons. The zero-order chi connectivity index (χ0) is 15.0. The lowest BCUT2D eigenvalue weighted by molar-refractivity contribution is 1.07. The van der Waals surface area contributed by atoms with Gasteiger partial charge in [0.15, 0.2) is 5.65 Å². The van der Waals surface area contributed by atoms with Crippen molar-refractivity contribution in [3.8, 4) is 0 Å². The highest BCUT2D eigenvalue weighted by molar-refractivity contribution is 9.10. The molecule has 0 saturated carbocycles. The van der Waals surface area contributed by atoms with E-state index in [1.165, 1.54) is 16.8 Å². The number of aryl methyl sites for hydroxylation is 2. The first-order valence-corrected chi connectivity index (χ1v) is 7.79. The number of fused-ring (bicyclic) bond motifs is 1. The monoisotopic (exact) mass is 343 g/mol. The molecule has 0 aliphatic carbocycles. The summed E-state index contributed by atoms with van der Waals surface area (Å²) in [4.78, 5) is 4.66. The van der Waals surface area contributed by atoms with Crippen molar-refractivity contribution in [2.24, 2.45) is 0 Å². The summed E-state index contributed by atoms with van der Waals surface area (Å²) >= 11 is 3.58. The van der Waals surface area contributed by atoms with Gasteiger partial charge in [-0.3, -0.25) is 0 Å². The molecule has 0 fully saturated rings. The highest BCUT2D eigenvalue weighted by atomic mass is 79.9. The average Bonchev–Trinajstić information content (AvgIpc) is 2.77. The van der Waals surface area contributed by atoms with Crippen LogP contribution in [-0.2, 0) is 6.54 Å². The number of nitrogens with zero attached hydrogens (tertiary/aromatic N) is 2. The lowest BCUT2D eigenvalue weighted by Crippen LogP contribution is -2.03. The molecule has 0 amide bonds. The van der Waals surface area contributed by atoms with E-state index < -0.39 is 0 Å². The minimum absolute atomic E-state index is 0.788. The van der Waals surface area contributed by atoms with E-state index in [9.17, 15) is 0 Å². The van der Waals surface area contributed by atoms with Crippen molar-refractivity contribution in [1.82, 2.24) is 9.38 Å². The average molecular weight is 344 g/mol. The summed E-state index contributed by atoms with van der Waals surface area (Å²) in [5, 5.41) is 3.51. The van der Waals surface area contributed by atoms with E-state index in [1.54, 1.807) is 0 Å². The predicted octanol–water partition coefficient (Wildman–Crippen LogP) is 4.63. The number of aromatic nitrogens is 2. The van der Waals surface area contributed by atoms with Crippen LogP contribution in [0.15, 0.2) is 41.0 Å². The van der Waals surface area contributed by atoms with Gasteiger partial charge in [0.05, 0.1) is 11.4 Å². The maximum absolute atomic E-state index is 4.66. The quantitative estimate of drug-likeness (QED) is 0.750. The maximum Gasteiger partial charge on any atom is 0.160 e. The van der Waals surface area contributed by atoms with Gasteiger partial charge in [0, 0.05) is 22.9 Å². The lowest BCUT2D eigenvalue weighted by Gasteiger charge is -2.11. The number of hydrogen-bond acceptors (Lipinski definition) is 2. The Hall–Kier alpha value is -1.81. The van der Waals surface area contributed by atoms with Crippen molar-refractivity contribution < 1.29 is 0 Å². The molecule has 0 atom stereocenters. The summed E-state index contributed by atoms with van der Waals surface area (Å²) in [6.45, 7) is 7.06. The molecule has 1 N–H and O–H groups in total. The molecular formula is C17H18BrN3. The fraction of sp³-hybridized carbons (Fsp3) is 0.235. The second kappa shape index (κ2) is 5.53. The molecule has 0 aliphatic heterocycles. The summed E-state index contributed by atoms with van der Waals surface area (Å²) < 4.78 is 3.28. The van der Waals surface area contributed by atoms with Crippen molar-refractivity contribution in [2.75, 3.05) is 5.32 Å². The van der Waals surface area contributed by atoms with E-state index in [-0.39, 0.29) is 0 Å². The molecule has 0 unspecified atom stereocenters. The smallest absolute Gasteiger partial charge is 0.160 e. The number of imidazole rings is 1. The van der Waals surface area contributed by atoms with Crippen molar-refractivity contribution in [3.05, 3.63) is 63.5 Å². The first-order valence-electron chi connectivity index (χ1n) is 7.00. The van der Waals surface area contributed by atoms with Gasteiger partial charge >= 0.3 is 0 Å². The highest BCUT2D eigenvalue weighted by Gasteiger charge is 2.08. The van der Waals surface area contributed by atoms with Crippen LogP contribution < -0.4 is 5.32 Å². The topological polar surface area (TPSA) is 29.3 Å². The fourth-order valence-electron chi connectivity index (χ4n) is 2.47. The number of nitrogens with one attached hydrogen (secondary N) is 1. The molecule has 2 aromatic heterocycles. The Labute approximate surface area is 133 Å². The number of benzene rings is 1. The summed E-state index contributed by atoms with van der Waals surface area (Å²) in [5.41, 5.74) is 6.86. The van der Waals surface area contributed by atoms with E-state index in [2.05, 4.69) is 81.0 Å². The first kappa shape index (κ1) is 14.1. The van der Waals surface area contributed by atoms with Crippen molar-refractivity contribution >= 4 is 27.3 Å². The molecule has 4 heteroatoms. The predicted molar refractivity (Wildman–Crippen MR) is 90.9 cm³/mol. The summed E-state index contributed by atoms with van der Waals surface area (Å²) in [5.74, 6) is 0. The molecule has 0 spiro atoms. The van der Waals surface area contributed by atoms with Gasteiger partial charge in [0.1, 0.15) is 0 Å². The fourth-order valence-corrected chi connectivity index (χ4v) is 2.88. The van der Waals surface area contributed by atoms with Gasteiger partial charge in [-0.15, -0.1) is 0 Å². The van der Waals surface area contributed by atoms with Gasteiger partial charge in [-0.25, -0.2) is 4.98 Å². The second-order valence-corrected chi connectivity index (χ2v) is 6.13. The van der Waals surface area contributed by atoms with E-state index in [1.807, 2.05) is 6.92 Å². The summed E-state index contributed by atoms with van der Waals surface area (Å²) in [6.07, 6.45) is 2.06. The standard InChI is InChI=1S/C17H18BrN3/c1-11-14(6-4-7-15(11)18)10-19-16-8-5-9-21-13(3)12(2)20-17(16)21/h4-9,19H,10H2,1-3H3. The number of rotatable bonds is 3. The van der Waals surface area contributed by atoms with E-state index in [0.29, 0.717) is 0 Å². The third-order valence-electron chi connectivity index (χ3n) is 3.97. The van der Waals surface area contributed by atoms with Crippen LogP contribution in [0.4, 0.5) is 5.69 Å². The van der Waals surface area contributed by atoms with E-state index in [0.717, 1.165) is 28.0 Å². The maximum atomic E-state index is 4.66. The molecule has 2 heterocycles. The number of pyridine rings is 1. The van der Waals surface area contributed by atoms with Crippen LogP contribution in [0, 0.1) is 20.8 Å². The Balaban J connectivity index is 1.92. The van der Waals surface area contributed by atoms with Gasteiger partial charge in [-0.1, -0.05) is 28.1 Å². The Bertz CT molecular complexity index is 805. The van der Waals surface area contributed by atoms with Gasteiger partial charge in [-0.05, 0) is 50.1 Å². The first-order chi connectivity index (χ1) is 10.1. The SMILES string of the molecule is Cc1nc2c(NCc3cccc(Br)c3C)cccn2c1C. The van der Waals surface area contributed by atoms with Crippen LogP contribution in [0.5, 0.6) is 0 Å². The van der Waals surface area contributed by atoms with Crippen molar-refractivity contribution in [3.63, 3.8) is 0 Å². The van der Waals surface area contributed by atoms with Crippen molar-refractivity contribution in [1.29, 1.82) is 0 Å². The molecule has 3 aromatic rings. The zero-order valence-electron chi connectivity index (χ0n) is 12.4. The third kappa shape index (κ3) is 2.56. The largest absolute Gasteiger partial charge is 0.378 e. The number of hydrogen-bond donors (Lipinski definition) is 1. The Kier molecular flexibility index (Phi) is 3.72. The molecular weight excluding hydrogens is 326 g/mol. The van der Waals surface area contributed by atoms with Crippen molar-refractivity contribution in [2.45, 2.75) is 27.3 Å². The molecule has 3 rings (SSSR count). The Morgan fingerprint density at radius 1 is 1.14 bits per heavy atom. The van der Waals surface area contributed by atoms with Gasteiger partial charge in [0.2, 0.25) is 0 Å². The van der Waals surface area contributed by atoms with E-state index in [4.69, 9.17) is 0 Å². The normalized spacial score (nSPS) is 11.0. The Morgan fingerprint density at radius 2 is 1.95 bits per heavy atom. The lowest BCUT2D eigenvalue weighted by atomic mass is 10.1. The molecule has 1 aromatic carbocycles. The van der Waals surface area contributed by atoms with Gasteiger partial charge in [-0.2, -0.15) is 0 Å². The molecule has 21 heavy (non-hydrogen) atoms. The minimum atomic E-state index is 0.788. The zero-order valence-corrected chi connectivity index (χ0v) is 14.0. The van der Waals surface area contributed by atoms with Crippen LogP contribution in [0.2, 0.25) is 0 Å². The van der Waals surface area contributed by atoms with Gasteiger partial charge < -0.3 is 9.72 Å². The molecule has 3 nitrogen and oxygen atoms in total. The van der Waals surface area contributed by atoms with Gasteiger partial charge in [0.25, 0.3) is 0 Å². The van der Waals surface area contributed by atoms with Crippen LogP contribution in [0.25, 0.3) is 5.65 Å². The minimum Gasteiger partial charge on any atom is -0.378 e.